The third-order valence-electron chi connectivity index (χ3n) is 2.49. The fourth-order valence-corrected chi connectivity index (χ4v) is 1.90. The summed E-state index contributed by atoms with van der Waals surface area (Å²) in [5.74, 6) is 0.799. The van der Waals surface area contributed by atoms with Crippen LogP contribution < -0.4 is 4.74 Å². The van der Waals surface area contributed by atoms with E-state index in [0.717, 1.165) is 17.1 Å². The van der Waals surface area contributed by atoms with Crippen molar-refractivity contribution in [3.8, 4) is 5.75 Å². The van der Waals surface area contributed by atoms with E-state index in [1.165, 1.54) is 0 Å². The van der Waals surface area contributed by atoms with Crippen LogP contribution in [0.15, 0.2) is 12.1 Å². The summed E-state index contributed by atoms with van der Waals surface area (Å²) in [5, 5.41) is 0.679. The van der Waals surface area contributed by atoms with Gasteiger partial charge in [0.25, 0.3) is 0 Å². The SMILES string of the molecule is COCCOCCOCCOc1ccc(C)nc1CBr. The molecule has 0 aliphatic rings. The van der Waals surface area contributed by atoms with E-state index in [0.29, 0.717) is 45.0 Å². The van der Waals surface area contributed by atoms with Crippen molar-refractivity contribution < 1.29 is 18.9 Å². The smallest absolute Gasteiger partial charge is 0.141 e. The lowest BCUT2D eigenvalue weighted by Crippen LogP contribution is -2.13. The fraction of sp³-hybridized carbons (Fsp3) is 0.643. The molecule has 0 saturated heterocycles. The van der Waals surface area contributed by atoms with E-state index in [1.54, 1.807) is 7.11 Å². The number of rotatable bonds is 11. The zero-order valence-corrected chi connectivity index (χ0v) is 13.6. The molecule has 0 aliphatic heterocycles. The van der Waals surface area contributed by atoms with Gasteiger partial charge in [-0.2, -0.15) is 0 Å². The number of alkyl halides is 1. The van der Waals surface area contributed by atoms with E-state index in [9.17, 15) is 0 Å². The molecule has 114 valence electrons. The van der Waals surface area contributed by atoms with Crippen LogP contribution >= 0.6 is 15.9 Å². The van der Waals surface area contributed by atoms with Gasteiger partial charge in [-0.3, -0.25) is 4.98 Å². The molecule has 6 heteroatoms. The minimum atomic E-state index is 0.503. The minimum Gasteiger partial charge on any atom is -0.489 e. The number of halogens is 1. The number of aromatic nitrogens is 1. The number of nitrogens with zero attached hydrogens (tertiary/aromatic N) is 1. The maximum atomic E-state index is 5.65. The van der Waals surface area contributed by atoms with Crippen LogP contribution in [0.5, 0.6) is 5.75 Å². The van der Waals surface area contributed by atoms with Gasteiger partial charge in [0.15, 0.2) is 0 Å². The highest BCUT2D eigenvalue weighted by molar-refractivity contribution is 9.08. The molecule has 1 aromatic rings. The minimum absolute atomic E-state index is 0.503. The molecule has 1 heterocycles. The summed E-state index contributed by atoms with van der Waals surface area (Å²) in [7, 11) is 1.65. The van der Waals surface area contributed by atoms with Crippen LogP contribution in [0.3, 0.4) is 0 Å². The molecule has 0 unspecified atom stereocenters. The number of methoxy groups -OCH3 is 1. The van der Waals surface area contributed by atoms with Crippen LogP contribution in [0.2, 0.25) is 0 Å². The molecule has 0 spiro atoms. The van der Waals surface area contributed by atoms with Crippen LogP contribution in [-0.2, 0) is 19.5 Å². The summed E-state index contributed by atoms with van der Waals surface area (Å²) in [4.78, 5) is 4.40. The van der Waals surface area contributed by atoms with Gasteiger partial charge in [0.1, 0.15) is 12.4 Å². The molecule has 0 radical (unpaired) electrons. The van der Waals surface area contributed by atoms with Gasteiger partial charge in [0.05, 0.1) is 38.7 Å². The Morgan fingerprint density at radius 2 is 1.65 bits per heavy atom. The highest BCUT2D eigenvalue weighted by Gasteiger charge is 2.04. The molecule has 0 fully saturated rings. The molecule has 20 heavy (non-hydrogen) atoms. The van der Waals surface area contributed by atoms with Gasteiger partial charge in [-0.25, -0.2) is 0 Å². The quantitative estimate of drug-likeness (QED) is 0.454. The molecule has 0 atom stereocenters. The molecule has 5 nitrogen and oxygen atoms in total. The number of aryl methyl sites for hydroxylation is 1. The van der Waals surface area contributed by atoms with Gasteiger partial charge in [-0.05, 0) is 19.1 Å². The van der Waals surface area contributed by atoms with Crippen molar-refractivity contribution >= 4 is 15.9 Å². The van der Waals surface area contributed by atoms with Crippen molar-refractivity contribution in [2.45, 2.75) is 12.3 Å². The van der Waals surface area contributed by atoms with E-state index < -0.39 is 0 Å². The molecular formula is C14H22BrNO4. The number of hydrogen-bond acceptors (Lipinski definition) is 5. The molecule has 0 amide bonds. The number of pyridine rings is 1. The number of ether oxygens (including phenoxy) is 4. The zero-order chi connectivity index (χ0) is 14.6. The van der Waals surface area contributed by atoms with Crippen LogP contribution in [0.1, 0.15) is 11.4 Å². The summed E-state index contributed by atoms with van der Waals surface area (Å²) in [5.41, 5.74) is 1.89. The standard InChI is InChI=1S/C14H22BrNO4/c1-12-3-4-14(13(11-15)16-12)20-10-9-19-8-7-18-6-5-17-2/h3-4H,5-11H2,1-2H3. The molecule has 0 bridgehead atoms. The van der Waals surface area contributed by atoms with Crippen molar-refractivity contribution in [2.24, 2.45) is 0 Å². The van der Waals surface area contributed by atoms with Gasteiger partial charge in [-0.1, -0.05) is 15.9 Å². The van der Waals surface area contributed by atoms with Crippen LogP contribution in [-0.4, -0.2) is 51.7 Å². The third kappa shape index (κ3) is 7.19. The first kappa shape index (κ1) is 17.4. The second-order valence-corrected chi connectivity index (χ2v) is 4.66. The topological polar surface area (TPSA) is 49.8 Å². The van der Waals surface area contributed by atoms with Crippen molar-refractivity contribution in [1.29, 1.82) is 0 Å². The van der Waals surface area contributed by atoms with Gasteiger partial charge >= 0.3 is 0 Å². The van der Waals surface area contributed by atoms with E-state index in [1.807, 2.05) is 19.1 Å². The normalized spacial score (nSPS) is 10.8. The summed E-state index contributed by atoms with van der Waals surface area (Å²) in [6.45, 7) is 5.33. The largest absolute Gasteiger partial charge is 0.489 e. The lowest BCUT2D eigenvalue weighted by Gasteiger charge is -2.10. The average molecular weight is 348 g/mol. The molecule has 0 N–H and O–H groups in total. The Morgan fingerprint density at radius 1 is 1.00 bits per heavy atom. The predicted octanol–water partition coefficient (Wildman–Crippen LogP) is 2.34. The van der Waals surface area contributed by atoms with Gasteiger partial charge in [0.2, 0.25) is 0 Å². The molecule has 0 saturated carbocycles. The van der Waals surface area contributed by atoms with E-state index in [4.69, 9.17) is 18.9 Å². The Morgan fingerprint density at radius 3 is 2.30 bits per heavy atom. The molecule has 1 aromatic heterocycles. The van der Waals surface area contributed by atoms with Crippen LogP contribution in [0.4, 0.5) is 0 Å². The number of hydrogen-bond donors (Lipinski definition) is 0. The first-order valence-corrected chi connectivity index (χ1v) is 7.69. The highest BCUT2D eigenvalue weighted by atomic mass is 79.9. The van der Waals surface area contributed by atoms with Crippen molar-refractivity contribution in [3.63, 3.8) is 0 Å². The molecular weight excluding hydrogens is 326 g/mol. The third-order valence-corrected chi connectivity index (χ3v) is 3.02. The Labute approximate surface area is 128 Å². The van der Waals surface area contributed by atoms with Crippen molar-refractivity contribution in [1.82, 2.24) is 4.98 Å². The molecule has 0 aromatic carbocycles. The van der Waals surface area contributed by atoms with Crippen LogP contribution in [0.25, 0.3) is 0 Å². The first-order valence-electron chi connectivity index (χ1n) is 6.57. The Balaban J connectivity index is 2.09. The summed E-state index contributed by atoms with van der Waals surface area (Å²) in [6.07, 6.45) is 0. The lowest BCUT2D eigenvalue weighted by molar-refractivity contribution is 0.0179. The molecule has 0 aliphatic carbocycles. The summed E-state index contributed by atoms with van der Waals surface area (Å²) in [6, 6.07) is 3.87. The zero-order valence-electron chi connectivity index (χ0n) is 12.1. The predicted molar refractivity (Wildman–Crippen MR) is 80.6 cm³/mol. The fourth-order valence-electron chi connectivity index (χ4n) is 1.50. The highest BCUT2D eigenvalue weighted by Crippen LogP contribution is 2.19. The second-order valence-electron chi connectivity index (χ2n) is 4.10. The summed E-state index contributed by atoms with van der Waals surface area (Å²) < 4.78 is 21.2. The van der Waals surface area contributed by atoms with Gasteiger partial charge < -0.3 is 18.9 Å². The maximum absolute atomic E-state index is 5.65. The Bertz CT molecular complexity index is 376. The Hall–Kier alpha value is -0.690. The lowest BCUT2D eigenvalue weighted by atomic mass is 10.3. The van der Waals surface area contributed by atoms with E-state index >= 15 is 0 Å². The second kappa shape index (κ2) is 11.0. The van der Waals surface area contributed by atoms with Crippen molar-refractivity contribution in [3.05, 3.63) is 23.5 Å². The average Bonchev–Trinajstić information content (AvgIpc) is 2.46. The Kier molecular flexibility index (Phi) is 9.57. The van der Waals surface area contributed by atoms with E-state index in [-0.39, 0.29) is 0 Å². The van der Waals surface area contributed by atoms with Gasteiger partial charge in [0, 0.05) is 18.1 Å². The monoisotopic (exact) mass is 347 g/mol. The van der Waals surface area contributed by atoms with Gasteiger partial charge in [-0.15, -0.1) is 0 Å². The van der Waals surface area contributed by atoms with Crippen LogP contribution in [0, 0.1) is 6.92 Å². The maximum Gasteiger partial charge on any atom is 0.141 e. The van der Waals surface area contributed by atoms with Crippen molar-refractivity contribution in [2.75, 3.05) is 46.8 Å². The van der Waals surface area contributed by atoms with E-state index in [2.05, 4.69) is 20.9 Å². The summed E-state index contributed by atoms with van der Waals surface area (Å²) >= 11 is 3.41. The first-order chi connectivity index (χ1) is 9.77. The molecule has 1 rings (SSSR count).